The summed E-state index contributed by atoms with van der Waals surface area (Å²) in [6.07, 6.45) is -0.338. The average Bonchev–Trinajstić information content (AvgIpc) is 2.60. The van der Waals surface area contributed by atoms with Crippen LogP contribution in [0.25, 0.3) is 0 Å². The highest BCUT2D eigenvalue weighted by Crippen LogP contribution is 2.18. The molecule has 0 radical (unpaired) electrons. The zero-order valence-corrected chi connectivity index (χ0v) is 9.44. The third kappa shape index (κ3) is 3.65. The molecule has 15 heavy (non-hydrogen) atoms. The molecular weight excluding hydrogens is 216 g/mol. The predicted octanol–water partition coefficient (Wildman–Crippen LogP) is 0.0941. The number of thioether (sulfide) groups is 1. The molecule has 2 unspecified atom stereocenters. The molecule has 0 aromatic carbocycles. The Morgan fingerprint density at radius 3 is 2.80 bits per heavy atom. The summed E-state index contributed by atoms with van der Waals surface area (Å²) in [6, 6.07) is 1.63. The summed E-state index contributed by atoms with van der Waals surface area (Å²) in [6.45, 7) is 1.42. The van der Waals surface area contributed by atoms with Crippen LogP contribution < -0.4 is 0 Å². The van der Waals surface area contributed by atoms with E-state index in [1.807, 2.05) is 0 Å². The Bertz CT molecular complexity index is 340. The van der Waals surface area contributed by atoms with Gasteiger partial charge in [-0.25, -0.2) is 0 Å². The minimum atomic E-state index is -1.04. The fourth-order valence-corrected chi connectivity index (χ4v) is 1.67. The first-order valence-corrected chi connectivity index (χ1v) is 5.48. The number of aryl methyl sites for hydroxylation is 1. The molecule has 0 aliphatic heterocycles. The smallest absolute Gasteiger partial charge is 0.185 e. The zero-order chi connectivity index (χ0) is 11.4. The Morgan fingerprint density at radius 2 is 2.33 bits per heavy atom. The van der Waals surface area contributed by atoms with E-state index in [0.29, 0.717) is 5.69 Å². The number of carbonyl (C=O) groups excluding carboxylic acids is 1. The SMILES string of the molecule is CC(=O)SCC(O)C(O)c1ccn(C)n1. The van der Waals surface area contributed by atoms with E-state index in [2.05, 4.69) is 5.10 Å². The van der Waals surface area contributed by atoms with Gasteiger partial charge in [-0.1, -0.05) is 11.8 Å². The number of hydrogen-bond donors (Lipinski definition) is 2. The van der Waals surface area contributed by atoms with E-state index in [4.69, 9.17) is 0 Å². The molecule has 2 N–H and O–H groups in total. The summed E-state index contributed by atoms with van der Waals surface area (Å²) in [5.41, 5.74) is 0.411. The number of aliphatic hydroxyl groups is 2. The van der Waals surface area contributed by atoms with Gasteiger partial charge in [0.1, 0.15) is 6.10 Å². The van der Waals surface area contributed by atoms with E-state index in [1.165, 1.54) is 6.92 Å². The van der Waals surface area contributed by atoms with Gasteiger partial charge in [0.15, 0.2) is 5.12 Å². The second-order valence-electron chi connectivity index (χ2n) is 3.23. The lowest BCUT2D eigenvalue weighted by Gasteiger charge is -2.14. The maximum atomic E-state index is 10.7. The maximum Gasteiger partial charge on any atom is 0.185 e. The molecule has 2 atom stereocenters. The topological polar surface area (TPSA) is 75.3 Å². The van der Waals surface area contributed by atoms with Gasteiger partial charge < -0.3 is 10.2 Å². The quantitative estimate of drug-likeness (QED) is 0.767. The highest BCUT2D eigenvalue weighted by atomic mass is 32.2. The van der Waals surface area contributed by atoms with Crippen molar-refractivity contribution in [1.29, 1.82) is 0 Å². The molecule has 1 aromatic heterocycles. The Kier molecular flexibility index (Phi) is 4.31. The second-order valence-corrected chi connectivity index (χ2v) is 4.43. The van der Waals surface area contributed by atoms with E-state index >= 15 is 0 Å². The second kappa shape index (κ2) is 5.29. The predicted molar refractivity (Wildman–Crippen MR) is 57.3 cm³/mol. The van der Waals surface area contributed by atoms with Crippen LogP contribution in [0.2, 0.25) is 0 Å². The van der Waals surface area contributed by atoms with Gasteiger partial charge >= 0.3 is 0 Å². The number of hydrogen-bond acceptors (Lipinski definition) is 5. The molecular formula is C9H14N2O3S. The van der Waals surface area contributed by atoms with Crippen molar-refractivity contribution in [2.45, 2.75) is 19.1 Å². The van der Waals surface area contributed by atoms with Gasteiger partial charge in [0.05, 0.1) is 11.8 Å². The van der Waals surface area contributed by atoms with Crippen molar-refractivity contribution < 1.29 is 15.0 Å². The van der Waals surface area contributed by atoms with Gasteiger partial charge in [-0.2, -0.15) is 5.10 Å². The van der Waals surface area contributed by atoms with Crippen LogP contribution in [-0.2, 0) is 11.8 Å². The van der Waals surface area contributed by atoms with Crippen molar-refractivity contribution in [3.8, 4) is 0 Å². The van der Waals surface area contributed by atoms with Crippen LogP contribution in [-0.4, -0.2) is 37.0 Å². The minimum absolute atomic E-state index is 0.0812. The molecule has 0 aliphatic carbocycles. The maximum absolute atomic E-state index is 10.7. The van der Waals surface area contributed by atoms with Crippen molar-refractivity contribution >= 4 is 16.9 Å². The summed E-state index contributed by atoms with van der Waals surface area (Å²) >= 11 is 0.986. The van der Waals surface area contributed by atoms with Gasteiger partial charge in [-0.05, 0) is 6.07 Å². The van der Waals surface area contributed by atoms with Crippen LogP contribution in [0.5, 0.6) is 0 Å². The van der Waals surface area contributed by atoms with Crippen LogP contribution in [0.1, 0.15) is 18.7 Å². The monoisotopic (exact) mass is 230 g/mol. The zero-order valence-electron chi connectivity index (χ0n) is 8.62. The van der Waals surface area contributed by atoms with Gasteiger partial charge in [0.2, 0.25) is 0 Å². The lowest BCUT2D eigenvalue weighted by Crippen LogP contribution is -2.21. The first kappa shape index (κ1) is 12.2. The van der Waals surface area contributed by atoms with E-state index < -0.39 is 12.2 Å². The Balaban J connectivity index is 2.52. The van der Waals surface area contributed by atoms with Crippen molar-refractivity contribution in [3.05, 3.63) is 18.0 Å². The molecule has 1 heterocycles. The fourth-order valence-electron chi connectivity index (χ4n) is 1.08. The molecule has 0 bridgehead atoms. The average molecular weight is 230 g/mol. The number of carbonyl (C=O) groups is 1. The van der Waals surface area contributed by atoms with E-state index in [1.54, 1.807) is 24.0 Å². The highest BCUT2D eigenvalue weighted by Gasteiger charge is 2.20. The molecule has 0 saturated carbocycles. The molecule has 6 heteroatoms. The minimum Gasteiger partial charge on any atom is -0.389 e. The van der Waals surface area contributed by atoms with Gasteiger partial charge in [0, 0.05) is 25.9 Å². The lowest BCUT2D eigenvalue weighted by molar-refractivity contribution is -0.109. The summed E-state index contributed by atoms with van der Waals surface area (Å²) in [7, 11) is 1.73. The van der Waals surface area contributed by atoms with Crippen LogP contribution in [0.3, 0.4) is 0 Å². The number of aromatic nitrogens is 2. The third-order valence-electron chi connectivity index (χ3n) is 1.86. The highest BCUT2D eigenvalue weighted by molar-refractivity contribution is 8.13. The van der Waals surface area contributed by atoms with E-state index in [9.17, 15) is 15.0 Å². The van der Waals surface area contributed by atoms with Crippen molar-refractivity contribution in [2.24, 2.45) is 7.05 Å². The van der Waals surface area contributed by atoms with E-state index in [0.717, 1.165) is 11.8 Å². The normalized spacial score (nSPS) is 14.9. The molecule has 1 rings (SSSR count). The van der Waals surface area contributed by atoms with Gasteiger partial charge in [0.25, 0.3) is 0 Å². The summed E-state index contributed by atoms with van der Waals surface area (Å²) in [5, 5.41) is 23.1. The largest absolute Gasteiger partial charge is 0.389 e. The number of rotatable bonds is 4. The molecule has 0 aliphatic rings. The molecule has 5 nitrogen and oxygen atoms in total. The standard InChI is InChI=1S/C9H14N2O3S/c1-6(12)15-5-8(13)9(14)7-3-4-11(2)10-7/h3-4,8-9,13-14H,5H2,1-2H3. The van der Waals surface area contributed by atoms with Crippen LogP contribution in [0, 0.1) is 0 Å². The first-order valence-electron chi connectivity index (χ1n) is 4.49. The Hall–Kier alpha value is -0.850. The van der Waals surface area contributed by atoms with Crippen LogP contribution >= 0.6 is 11.8 Å². The molecule has 84 valence electrons. The third-order valence-corrected chi connectivity index (χ3v) is 2.77. The fraction of sp³-hybridized carbons (Fsp3) is 0.556. The molecule has 1 aromatic rings. The Morgan fingerprint density at radius 1 is 1.67 bits per heavy atom. The summed E-state index contributed by atoms with van der Waals surface area (Å²) in [5.74, 6) is 0.174. The van der Waals surface area contributed by atoms with Gasteiger partial charge in [-0.15, -0.1) is 0 Å². The molecule has 0 fully saturated rings. The number of nitrogens with zero attached hydrogens (tertiary/aromatic N) is 2. The van der Waals surface area contributed by atoms with Crippen molar-refractivity contribution in [2.75, 3.05) is 5.75 Å². The number of aliphatic hydroxyl groups excluding tert-OH is 2. The molecule has 0 saturated heterocycles. The molecule has 0 amide bonds. The van der Waals surface area contributed by atoms with Crippen molar-refractivity contribution in [1.82, 2.24) is 9.78 Å². The van der Waals surface area contributed by atoms with Crippen LogP contribution in [0.4, 0.5) is 0 Å². The first-order chi connectivity index (χ1) is 7.00. The van der Waals surface area contributed by atoms with Crippen molar-refractivity contribution in [3.63, 3.8) is 0 Å². The van der Waals surface area contributed by atoms with Gasteiger partial charge in [-0.3, -0.25) is 9.48 Å². The summed E-state index contributed by atoms with van der Waals surface area (Å²) < 4.78 is 1.55. The lowest BCUT2D eigenvalue weighted by atomic mass is 10.2. The summed E-state index contributed by atoms with van der Waals surface area (Å²) in [4.78, 5) is 10.7. The van der Waals surface area contributed by atoms with Crippen LogP contribution in [0.15, 0.2) is 12.3 Å². The Labute approximate surface area is 92.1 Å². The van der Waals surface area contributed by atoms with E-state index in [-0.39, 0.29) is 10.9 Å². The molecule has 0 spiro atoms.